The van der Waals surface area contributed by atoms with E-state index in [1.54, 1.807) is 0 Å². The lowest BCUT2D eigenvalue weighted by atomic mass is 10.3. The fraction of sp³-hybridized carbons (Fsp3) is 0.800. The number of thioether (sulfide) groups is 1. The highest BCUT2D eigenvalue weighted by atomic mass is 32.2. The number of hydrogen-bond donors (Lipinski definition) is 1. The number of nitrogens with one attached hydrogen (secondary N) is 1. The molecule has 3 heteroatoms. The summed E-state index contributed by atoms with van der Waals surface area (Å²) in [5.41, 5.74) is 1.27. The summed E-state index contributed by atoms with van der Waals surface area (Å²) in [4.78, 5) is 0. The van der Waals surface area contributed by atoms with Crippen LogP contribution in [-0.4, -0.2) is 37.3 Å². The van der Waals surface area contributed by atoms with Crippen LogP contribution in [0, 0.1) is 0 Å². The Morgan fingerprint density at radius 1 is 1.69 bits per heavy atom. The van der Waals surface area contributed by atoms with Crippen molar-refractivity contribution in [2.75, 3.05) is 26.0 Å². The van der Waals surface area contributed by atoms with Crippen LogP contribution in [0.4, 0.5) is 0 Å². The van der Waals surface area contributed by atoms with E-state index in [0.717, 1.165) is 18.9 Å². The van der Waals surface area contributed by atoms with Crippen LogP contribution >= 0.6 is 11.8 Å². The Kier molecular flexibility index (Phi) is 4.84. The SMILES string of the molecule is C=C(CNC)CSC1CCOC1C. The Balaban J connectivity index is 2.14. The summed E-state index contributed by atoms with van der Waals surface area (Å²) in [7, 11) is 1.96. The molecule has 1 rings (SSSR count). The molecule has 2 unspecified atom stereocenters. The van der Waals surface area contributed by atoms with E-state index < -0.39 is 0 Å². The van der Waals surface area contributed by atoms with E-state index in [0.29, 0.717) is 11.4 Å². The molecule has 0 bridgehead atoms. The van der Waals surface area contributed by atoms with Gasteiger partial charge in [0, 0.05) is 24.2 Å². The summed E-state index contributed by atoms with van der Waals surface area (Å²) in [5.74, 6) is 1.05. The molecule has 0 spiro atoms. The second-order valence-corrected chi connectivity index (χ2v) is 4.72. The third kappa shape index (κ3) is 3.71. The number of hydrogen-bond acceptors (Lipinski definition) is 3. The van der Waals surface area contributed by atoms with Crippen LogP contribution in [0.25, 0.3) is 0 Å². The van der Waals surface area contributed by atoms with Gasteiger partial charge in [0.1, 0.15) is 0 Å². The maximum Gasteiger partial charge on any atom is 0.0666 e. The molecule has 0 aromatic rings. The third-order valence-corrected chi connectivity index (χ3v) is 3.86. The van der Waals surface area contributed by atoms with E-state index >= 15 is 0 Å². The van der Waals surface area contributed by atoms with Crippen LogP contribution in [0.1, 0.15) is 13.3 Å². The standard InChI is InChI=1S/C10H19NOS/c1-8(6-11-3)7-13-10-4-5-12-9(10)2/h9-11H,1,4-7H2,2-3H3. The third-order valence-electron chi connectivity index (χ3n) is 2.23. The average molecular weight is 201 g/mol. The first kappa shape index (κ1) is 11.1. The first-order valence-corrected chi connectivity index (χ1v) is 5.83. The summed E-state index contributed by atoms with van der Waals surface area (Å²) >= 11 is 1.98. The van der Waals surface area contributed by atoms with Crippen molar-refractivity contribution >= 4 is 11.8 Å². The first-order valence-electron chi connectivity index (χ1n) is 4.78. The smallest absolute Gasteiger partial charge is 0.0666 e. The van der Waals surface area contributed by atoms with Gasteiger partial charge in [-0.25, -0.2) is 0 Å². The van der Waals surface area contributed by atoms with E-state index in [-0.39, 0.29) is 0 Å². The Hall–Kier alpha value is 0.01000. The molecule has 1 N–H and O–H groups in total. The Bertz CT molecular complexity index is 172. The van der Waals surface area contributed by atoms with E-state index in [2.05, 4.69) is 18.8 Å². The molecular weight excluding hydrogens is 182 g/mol. The molecular formula is C10H19NOS. The lowest BCUT2D eigenvalue weighted by molar-refractivity contribution is 0.127. The molecule has 0 aromatic carbocycles. The maximum absolute atomic E-state index is 5.49. The quantitative estimate of drug-likeness (QED) is 0.684. The molecule has 76 valence electrons. The second kappa shape index (κ2) is 5.68. The molecule has 1 heterocycles. The minimum atomic E-state index is 0.424. The first-order chi connectivity index (χ1) is 6.24. The van der Waals surface area contributed by atoms with Gasteiger partial charge in [-0.3, -0.25) is 0 Å². The van der Waals surface area contributed by atoms with Crippen molar-refractivity contribution in [1.29, 1.82) is 0 Å². The zero-order valence-corrected chi connectivity index (χ0v) is 9.32. The second-order valence-electron chi connectivity index (χ2n) is 3.49. The van der Waals surface area contributed by atoms with Crippen molar-refractivity contribution in [2.45, 2.75) is 24.7 Å². The molecule has 0 aromatic heterocycles. The predicted molar refractivity (Wildman–Crippen MR) is 59.3 cm³/mol. The highest BCUT2D eigenvalue weighted by molar-refractivity contribution is 8.00. The van der Waals surface area contributed by atoms with Crippen molar-refractivity contribution in [1.82, 2.24) is 5.32 Å². The molecule has 2 atom stereocenters. The topological polar surface area (TPSA) is 21.3 Å². The van der Waals surface area contributed by atoms with Gasteiger partial charge in [-0.2, -0.15) is 11.8 Å². The van der Waals surface area contributed by atoms with E-state index in [1.165, 1.54) is 12.0 Å². The van der Waals surface area contributed by atoms with Crippen LogP contribution in [0.3, 0.4) is 0 Å². The fourth-order valence-corrected chi connectivity index (χ4v) is 2.62. The maximum atomic E-state index is 5.49. The summed E-state index contributed by atoms with van der Waals surface area (Å²) in [6.07, 6.45) is 1.62. The average Bonchev–Trinajstić information content (AvgIpc) is 2.48. The van der Waals surface area contributed by atoms with Gasteiger partial charge in [0.25, 0.3) is 0 Å². The monoisotopic (exact) mass is 201 g/mol. The molecule has 0 aliphatic carbocycles. The van der Waals surface area contributed by atoms with E-state index in [4.69, 9.17) is 4.74 Å². The Morgan fingerprint density at radius 2 is 2.46 bits per heavy atom. The minimum Gasteiger partial charge on any atom is -0.377 e. The zero-order chi connectivity index (χ0) is 9.68. The Morgan fingerprint density at radius 3 is 3.00 bits per heavy atom. The number of rotatable bonds is 5. The largest absolute Gasteiger partial charge is 0.377 e. The lowest BCUT2D eigenvalue weighted by Gasteiger charge is -2.14. The van der Waals surface area contributed by atoms with Gasteiger partial charge < -0.3 is 10.1 Å². The zero-order valence-electron chi connectivity index (χ0n) is 8.51. The fourth-order valence-electron chi connectivity index (χ4n) is 1.46. The summed E-state index contributed by atoms with van der Waals surface area (Å²) < 4.78 is 5.49. The van der Waals surface area contributed by atoms with Crippen LogP contribution in [-0.2, 0) is 4.74 Å². The Labute approximate surface area is 85.1 Å². The summed E-state index contributed by atoms with van der Waals surface area (Å²) in [6, 6.07) is 0. The van der Waals surface area contributed by atoms with Gasteiger partial charge in [-0.1, -0.05) is 12.2 Å². The van der Waals surface area contributed by atoms with Gasteiger partial charge in [-0.05, 0) is 20.4 Å². The highest BCUT2D eigenvalue weighted by Gasteiger charge is 2.24. The summed E-state index contributed by atoms with van der Waals surface area (Å²) in [5, 5.41) is 3.78. The molecule has 0 radical (unpaired) electrons. The molecule has 1 fully saturated rings. The van der Waals surface area contributed by atoms with Crippen LogP contribution in [0.5, 0.6) is 0 Å². The predicted octanol–water partition coefficient (Wildman–Crippen LogP) is 1.67. The van der Waals surface area contributed by atoms with E-state index in [9.17, 15) is 0 Å². The van der Waals surface area contributed by atoms with Crippen molar-refractivity contribution in [3.05, 3.63) is 12.2 Å². The molecule has 1 aliphatic heterocycles. The van der Waals surface area contributed by atoms with Gasteiger partial charge in [0.15, 0.2) is 0 Å². The number of ether oxygens (including phenoxy) is 1. The molecule has 2 nitrogen and oxygen atoms in total. The van der Waals surface area contributed by atoms with Crippen molar-refractivity contribution in [3.63, 3.8) is 0 Å². The van der Waals surface area contributed by atoms with Crippen molar-refractivity contribution in [2.24, 2.45) is 0 Å². The van der Waals surface area contributed by atoms with Gasteiger partial charge in [0.2, 0.25) is 0 Å². The molecule has 13 heavy (non-hydrogen) atoms. The van der Waals surface area contributed by atoms with Crippen LogP contribution in [0.2, 0.25) is 0 Å². The van der Waals surface area contributed by atoms with Gasteiger partial charge >= 0.3 is 0 Å². The molecule has 0 amide bonds. The van der Waals surface area contributed by atoms with Gasteiger partial charge in [0.05, 0.1) is 6.10 Å². The van der Waals surface area contributed by atoms with Crippen LogP contribution in [0.15, 0.2) is 12.2 Å². The normalized spacial score (nSPS) is 27.8. The van der Waals surface area contributed by atoms with Crippen molar-refractivity contribution in [3.8, 4) is 0 Å². The van der Waals surface area contributed by atoms with Gasteiger partial charge in [-0.15, -0.1) is 0 Å². The minimum absolute atomic E-state index is 0.424. The van der Waals surface area contributed by atoms with Crippen molar-refractivity contribution < 1.29 is 4.74 Å². The lowest BCUT2D eigenvalue weighted by Crippen LogP contribution is -2.16. The number of likely N-dealkylation sites (N-methyl/N-ethyl adjacent to an activating group) is 1. The summed E-state index contributed by atoms with van der Waals surface area (Å²) in [6.45, 7) is 8.02. The van der Waals surface area contributed by atoms with E-state index in [1.807, 2.05) is 18.8 Å². The molecule has 1 aliphatic rings. The molecule has 1 saturated heterocycles. The highest BCUT2D eigenvalue weighted by Crippen LogP contribution is 2.27. The molecule has 0 saturated carbocycles. The van der Waals surface area contributed by atoms with Crippen LogP contribution < -0.4 is 5.32 Å².